The normalized spacial score (nSPS) is 13.2. The minimum atomic E-state index is -5.00. The highest BCUT2D eigenvalue weighted by Gasteiger charge is 2.41. The van der Waals surface area contributed by atoms with Crippen LogP contribution in [0.4, 0.5) is 13.2 Å². The zero-order valence-electron chi connectivity index (χ0n) is 8.72. The van der Waals surface area contributed by atoms with Crippen molar-refractivity contribution in [1.29, 1.82) is 0 Å². The number of rotatable bonds is 3. The Kier molecular flexibility index (Phi) is 4.53. The lowest BCUT2D eigenvalue weighted by Crippen LogP contribution is -2.32. The van der Waals surface area contributed by atoms with Crippen molar-refractivity contribution in [3.63, 3.8) is 0 Å². The summed E-state index contributed by atoms with van der Waals surface area (Å²) in [5.74, 6) is -2.26. The van der Waals surface area contributed by atoms with Crippen molar-refractivity contribution in [1.82, 2.24) is 5.48 Å². The van der Waals surface area contributed by atoms with Crippen LogP contribution in [0.15, 0.2) is 28.7 Å². The Morgan fingerprint density at radius 1 is 1.47 bits per heavy atom. The van der Waals surface area contributed by atoms with Gasteiger partial charge in [-0.15, -0.1) is 5.48 Å². The molecule has 0 aliphatic heterocycles. The summed E-state index contributed by atoms with van der Waals surface area (Å²) in [6, 6.07) is 6.36. The van der Waals surface area contributed by atoms with E-state index in [0.29, 0.717) is 5.56 Å². The Labute approximate surface area is 104 Å². The van der Waals surface area contributed by atoms with Crippen LogP contribution in [0.1, 0.15) is 18.5 Å². The largest absolute Gasteiger partial charge is 0.492 e. The van der Waals surface area contributed by atoms with Crippen molar-refractivity contribution in [2.75, 3.05) is 0 Å². The first-order chi connectivity index (χ1) is 7.80. The fourth-order valence-electron chi connectivity index (χ4n) is 1.04. The lowest BCUT2D eigenvalue weighted by Gasteiger charge is -2.14. The van der Waals surface area contributed by atoms with Gasteiger partial charge in [0.25, 0.3) is 0 Å². The van der Waals surface area contributed by atoms with E-state index in [-0.39, 0.29) is 0 Å². The summed E-state index contributed by atoms with van der Waals surface area (Å²) in [5.41, 5.74) is 2.73. The maximum Gasteiger partial charge on any atom is 0.492 e. The van der Waals surface area contributed by atoms with Crippen LogP contribution in [0.3, 0.4) is 0 Å². The van der Waals surface area contributed by atoms with E-state index in [1.54, 1.807) is 31.2 Å². The number of carbonyl (C=O) groups is 1. The molecule has 0 aromatic heterocycles. The van der Waals surface area contributed by atoms with Gasteiger partial charge >= 0.3 is 12.1 Å². The third kappa shape index (κ3) is 4.35. The summed E-state index contributed by atoms with van der Waals surface area (Å²) in [6.07, 6.45) is -5.00. The molecular formula is C10H9BrF3NO2. The minimum absolute atomic E-state index is 0.543. The number of halogens is 4. The zero-order valence-corrected chi connectivity index (χ0v) is 10.3. The van der Waals surface area contributed by atoms with Crippen LogP contribution in [0.25, 0.3) is 0 Å². The predicted octanol–water partition coefficient (Wildman–Crippen LogP) is 3.12. The molecule has 0 aliphatic rings. The number of nitrogens with one attached hydrogen (secondary N) is 1. The van der Waals surface area contributed by atoms with E-state index >= 15 is 0 Å². The van der Waals surface area contributed by atoms with Crippen LogP contribution in [0.5, 0.6) is 0 Å². The fraction of sp³-hybridized carbons (Fsp3) is 0.300. The topological polar surface area (TPSA) is 38.3 Å². The second-order valence-electron chi connectivity index (χ2n) is 3.28. The van der Waals surface area contributed by atoms with Gasteiger partial charge in [-0.05, 0) is 24.6 Å². The number of benzene rings is 1. The summed E-state index contributed by atoms with van der Waals surface area (Å²) < 4.78 is 36.3. The SMILES string of the molecule is CC(NOC(=O)C(F)(F)F)c1cccc(Br)c1. The quantitative estimate of drug-likeness (QED) is 0.872. The molecule has 17 heavy (non-hydrogen) atoms. The van der Waals surface area contributed by atoms with Crippen molar-refractivity contribution in [3.8, 4) is 0 Å². The van der Waals surface area contributed by atoms with E-state index in [1.165, 1.54) is 0 Å². The van der Waals surface area contributed by atoms with Crippen LogP contribution >= 0.6 is 15.9 Å². The van der Waals surface area contributed by atoms with Crippen LogP contribution in [0, 0.1) is 0 Å². The highest BCUT2D eigenvalue weighted by atomic mass is 79.9. The molecule has 0 saturated carbocycles. The van der Waals surface area contributed by atoms with Gasteiger partial charge in [-0.3, -0.25) is 0 Å². The summed E-state index contributed by atoms with van der Waals surface area (Å²) in [4.78, 5) is 14.4. The van der Waals surface area contributed by atoms with Crippen LogP contribution < -0.4 is 5.48 Å². The van der Waals surface area contributed by atoms with E-state index in [0.717, 1.165) is 4.47 Å². The molecule has 1 rings (SSSR count). The third-order valence-corrected chi connectivity index (χ3v) is 2.40. The molecule has 0 spiro atoms. The summed E-state index contributed by atoms with van der Waals surface area (Å²) in [7, 11) is 0. The number of alkyl halides is 3. The van der Waals surface area contributed by atoms with Crippen LogP contribution in [-0.4, -0.2) is 12.1 Å². The van der Waals surface area contributed by atoms with Gasteiger partial charge in [0.2, 0.25) is 0 Å². The van der Waals surface area contributed by atoms with Crippen molar-refractivity contribution in [2.45, 2.75) is 19.1 Å². The molecule has 0 radical (unpaired) electrons. The number of hydrogen-bond donors (Lipinski definition) is 1. The number of hydrogen-bond acceptors (Lipinski definition) is 3. The van der Waals surface area contributed by atoms with Gasteiger partial charge in [0.1, 0.15) is 0 Å². The van der Waals surface area contributed by atoms with Crippen LogP contribution in [0.2, 0.25) is 0 Å². The molecule has 0 bridgehead atoms. The Morgan fingerprint density at radius 2 is 2.12 bits per heavy atom. The molecule has 1 atom stereocenters. The molecule has 7 heteroatoms. The van der Waals surface area contributed by atoms with Gasteiger partial charge in [0.15, 0.2) is 0 Å². The van der Waals surface area contributed by atoms with E-state index in [2.05, 4.69) is 20.8 Å². The van der Waals surface area contributed by atoms with Gasteiger partial charge in [-0.2, -0.15) is 13.2 Å². The second kappa shape index (κ2) is 5.50. The van der Waals surface area contributed by atoms with E-state index in [4.69, 9.17) is 0 Å². The summed E-state index contributed by atoms with van der Waals surface area (Å²) >= 11 is 3.23. The predicted molar refractivity (Wildman–Crippen MR) is 57.8 cm³/mol. The average molecular weight is 312 g/mol. The third-order valence-electron chi connectivity index (χ3n) is 1.91. The molecular weight excluding hydrogens is 303 g/mol. The molecule has 3 nitrogen and oxygen atoms in total. The van der Waals surface area contributed by atoms with E-state index < -0.39 is 18.2 Å². The molecule has 0 fully saturated rings. The lowest BCUT2D eigenvalue weighted by atomic mass is 10.1. The number of carbonyl (C=O) groups excluding carboxylic acids is 1. The maximum absolute atomic E-state index is 11.8. The first kappa shape index (κ1) is 14.0. The summed E-state index contributed by atoms with van der Waals surface area (Å²) in [5, 5.41) is 0. The van der Waals surface area contributed by atoms with Crippen molar-refractivity contribution < 1.29 is 22.8 Å². The molecule has 0 aliphatic carbocycles. The Balaban J connectivity index is 2.56. The van der Waals surface area contributed by atoms with E-state index in [1.807, 2.05) is 5.48 Å². The van der Waals surface area contributed by atoms with Crippen molar-refractivity contribution in [3.05, 3.63) is 34.3 Å². The minimum Gasteiger partial charge on any atom is -0.363 e. The van der Waals surface area contributed by atoms with Gasteiger partial charge in [-0.1, -0.05) is 28.1 Å². The number of hydroxylamine groups is 1. The second-order valence-corrected chi connectivity index (χ2v) is 4.20. The first-order valence-corrected chi connectivity index (χ1v) is 5.39. The molecule has 1 aromatic rings. The van der Waals surface area contributed by atoms with Gasteiger partial charge in [-0.25, -0.2) is 4.79 Å². The Hall–Kier alpha value is -1.08. The van der Waals surface area contributed by atoms with E-state index in [9.17, 15) is 18.0 Å². The maximum atomic E-state index is 11.8. The molecule has 0 heterocycles. The molecule has 1 unspecified atom stereocenters. The summed E-state index contributed by atoms with van der Waals surface area (Å²) in [6.45, 7) is 1.57. The standard InChI is InChI=1S/C10H9BrF3NO2/c1-6(7-3-2-4-8(11)5-7)15-17-9(16)10(12,13)14/h2-6,15H,1H3. The zero-order chi connectivity index (χ0) is 13.1. The van der Waals surface area contributed by atoms with Gasteiger partial charge in [0, 0.05) is 4.47 Å². The van der Waals surface area contributed by atoms with Crippen molar-refractivity contribution >= 4 is 21.9 Å². The Bertz CT molecular complexity index is 409. The van der Waals surface area contributed by atoms with Gasteiger partial charge in [0.05, 0.1) is 6.04 Å². The molecule has 0 saturated heterocycles. The Morgan fingerprint density at radius 3 is 2.65 bits per heavy atom. The monoisotopic (exact) mass is 311 g/mol. The first-order valence-electron chi connectivity index (χ1n) is 4.59. The average Bonchev–Trinajstić information content (AvgIpc) is 2.24. The highest BCUT2D eigenvalue weighted by Crippen LogP contribution is 2.19. The molecule has 94 valence electrons. The smallest absolute Gasteiger partial charge is 0.363 e. The lowest BCUT2D eigenvalue weighted by molar-refractivity contribution is -0.208. The fourth-order valence-corrected chi connectivity index (χ4v) is 1.46. The molecule has 1 N–H and O–H groups in total. The van der Waals surface area contributed by atoms with Gasteiger partial charge < -0.3 is 4.84 Å². The van der Waals surface area contributed by atoms with Crippen LogP contribution in [-0.2, 0) is 9.63 Å². The molecule has 1 aromatic carbocycles. The van der Waals surface area contributed by atoms with Crippen molar-refractivity contribution in [2.24, 2.45) is 0 Å². The highest BCUT2D eigenvalue weighted by molar-refractivity contribution is 9.10. The molecule has 0 amide bonds.